The van der Waals surface area contributed by atoms with Crippen LogP contribution in [-0.2, 0) is 9.53 Å². The first kappa shape index (κ1) is 14.1. The molecule has 0 radical (unpaired) electrons. The first-order valence-electron chi connectivity index (χ1n) is 6.94. The van der Waals surface area contributed by atoms with Crippen LogP contribution in [0.4, 0.5) is 4.79 Å². The molecule has 2 unspecified atom stereocenters. The van der Waals surface area contributed by atoms with Crippen LogP contribution in [-0.4, -0.2) is 53.3 Å². The lowest BCUT2D eigenvalue weighted by molar-refractivity contribution is -0.147. The van der Waals surface area contributed by atoms with Gasteiger partial charge in [0.05, 0.1) is 6.10 Å². The average Bonchev–Trinajstić information content (AvgIpc) is 2.99. The van der Waals surface area contributed by atoms with E-state index in [9.17, 15) is 14.7 Å². The number of carboxylic acids is 1. The molecule has 19 heavy (non-hydrogen) atoms. The van der Waals surface area contributed by atoms with E-state index in [0.717, 1.165) is 32.3 Å². The van der Waals surface area contributed by atoms with Crippen molar-refractivity contribution in [3.8, 4) is 0 Å². The number of hydrogen-bond acceptors (Lipinski definition) is 3. The summed E-state index contributed by atoms with van der Waals surface area (Å²) in [6.45, 7) is 3.47. The van der Waals surface area contributed by atoms with Gasteiger partial charge < -0.3 is 20.1 Å². The summed E-state index contributed by atoms with van der Waals surface area (Å²) in [6.07, 6.45) is 4.42. The van der Waals surface area contributed by atoms with Gasteiger partial charge in [-0.05, 0) is 39.0 Å². The molecule has 0 saturated carbocycles. The molecule has 2 atom stereocenters. The van der Waals surface area contributed by atoms with Crippen LogP contribution in [0.25, 0.3) is 0 Å². The second-order valence-electron chi connectivity index (χ2n) is 5.49. The van der Waals surface area contributed by atoms with Crippen LogP contribution in [0.15, 0.2) is 0 Å². The molecule has 0 aromatic carbocycles. The van der Waals surface area contributed by atoms with Gasteiger partial charge >= 0.3 is 12.0 Å². The van der Waals surface area contributed by atoms with E-state index in [2.05, 4.69) is 5.32 Å². The van der Waals surface area contributed by atoms with Gasteiger partial charge in [-0.2, -0.15) is 0 Å². The Balaban J connectivity index is 1.80. The Morgan fingerprint density at radius 3 is 2.89 bits per heavy atom. The minimum absolute atomic E-state index is 0.240. The molecule has 6 nitrogen and oxygen atoms in total. The van der Waals surface area contributed by atoms with Crippen LogP contribution >= 0.6 is 0 Å². The van der Waals surface area contributed by atoms with E-state index in [4.69, 9.17) is 4.74 Å². The number of amides is 2. The molecule has 0 aromatic rings. The standard InChI is InChI=1S/C13H22N2O4/c1-13(11(16)17)6-3-8-15(13)12(18)14-7-5-10-4-2-9-19-10/h10H,2-9H2,1H3,(H,14,18)(H,16,17). The molecular weight excluding hydrogens is 248 g/mol. The fourth-order valence-corrected chi connectivity index (χ4v) is 2.82. The number of urea groups is 1. The molecule has 2 heterocycles. The molecule has 2 saturated heterocycles. The number of carboxylic acid groups (broad SMARTS) is 1. The van der Waals surface area contributed by atoms with E-state index in [1.165, 1.54) is 4.90 Å². The SMILES string of the molecule is CC1(C(=O)O)CCCN1C(=O)NCCC1CCCO1. The molecule has 2 aliphatic heterocycles. The van der Waals surface area contributed by atoms with Crippen LogP contribution in [0.2, 0.25) is 0 Å². The predicted molar refractivity (Wildman–Crippen MR) is 69.0 cm³/mol. The summed E-state index contributed by atoms with van der Waals surface area (Å²) in [5, 5.41) is 12.1. The maximum absolute atomic E-state index is 12.0. The number of carbonyl (C=O) groups excluding carboxylic acids is 1. The molecule has 2 aliphatic rings. The van der Waals surface area contributed by atoms with Crippen molar-refractivity contribution >= 4 is 12.0 Å². The largest absolute Gasteiger partial charge is 0.480 e. The lowest BCUT2D eigenvalue weighted by Crippen LogP contribution is -2.54. The van der Waals surface area contributed by atoms with E-state index in [-0.39, 0.29) is 12.1 Å². The summed E-state index contributed by atoms with van der Waals surface area (Å²) in [5.74, 6) is -0.931. The fraction of sp³-hybridized carbons (Fsp3) is 0.846. The molecule has 0 aliphatic carbocycles. The first-order valence-corrected chi connectivity index (χ1v) is 6.94. The van der Waals surface area contributed by atoms with E-state index in [1.54, 1.807) is 6.92 Å². The van der Waals surface area contributed by atoms with Gasteiger partial charge in [0.15, 0.2) is 0 Å². The number of nitrogens with one attached hydrogen (secondary N) is 1. The monoisotopic (exact) mass is 270 g/mol. The number of likely N-dealkylation sites (tertiary alicyclic amines) is 1. The molecule has 2 amide bonds. The number of hydrogen-bond donors (Lipinski definition) is 2. The minimum Gasteiger partial charge on any atom is -0.480 e. The predicted octanol–water partition coefficient (Wildman–Crippen LogP) is 1.20. The fourth-order valence-electron chi connectivity index (χ4n) is 2.82. The van der Waals surface area contributed by atoms with Gasteiger partial charge in [-0.3, -0.25) is 0 Å². The van der Waals surface area contributed by atoms with E-state index < -0.39 is 11.5 Å². The van der Waals surface area contributed by atoms with Gasteiger partial charge in [0.1, 0.15) is 5.54 Å². The van der Waals surface area contributed by atoms with E-state index in [0.29, 0.717) is 19.5 Å². The van der Waals surface area contributed by atoms with Gasteiger partial charge in [-0.1, -0.05) is 0 Å². The zero-order chi connectivity index (χ0) is 13.9. The average molecular weight is 270 g/mol. The molecular formula is C13H22N2O4. The highest BCUT2D eigenvalue weighted by Gasteiger charge is 2.45. The lowest BCUT2D eigenvalue weighted by atomic mass is 10.00. The smallest absolute Gasteiger partial charge is 0.329 e. The highest BCUT2D eigenvalue weighted by atomic mass is 16.5. The van der Waals surface area contributed by atoms with Crippen LogP contribution in [0.1, 0.15) is 39.0 Å². The van der Waals surface area contributed by atoms with Crippen molar-refractivity contribution in [1.29, 1.82) is 0 Å². The number of nitrogens with zero attached hydrogens (tertiary/aromatic N) is 1. The molecule has 0 spiro atoms. The van der Waals surface area contributed by atoms with Crippen molar-refractivity contribution in [2.75, 3.05) is 19.7 Å². The van der Waals surface area contributed by atoms with Crippen LogP contribution in [0.5, 0.6) is 0 Å². The number of aliphatic carboxylic acids is 1. The van der Waals surface area contributed by atoms with Gasteiger partial charge in [0.25, 0.3) is 0 Å². The summed E-state index contributed by atoms with van der Waals surface area (Å²) >= 11 is 0. The number of carbonyl (C=O) groups is 2. The molecule has 2 fully saturated rings. The Kier molecular flexibility index (Phi) is 4.29. The number of rotatable bonds is 4. The third-order valence-electron chi connectivity index (χ3n) is 4.11. The molecule has 6 heteroatoms. The second-order valence-corrected chi connectivity index (χ2v) is 5.49. The van der Waals surface area contributed by atoms with Gasteiger partial charge in [-0.15, -0.1) is 0 Å². The lowest BCUT2D eigenvalue weighted by Gasteiger charge is -2.31. The maximum Gasteiger partial charge on any atom is 0.329 e. The summed E-state index contributed by atoms with van der Waals surface area (Å²) in [6, 6.07) is -0.277. The minimum atomic E-state index is -1.06. The molecule has 0 aromatic heterocycles. The van der Waals surface area contributed by atoms with Gasteiger partial charge in [-0.25, -0.2) is 9.59 Å². The van der Waals surface area contributed by atoms with Crippen molar-refractivity contribution < 1.29 is 19.4 Å². The normalized spacial score (nSPS) is 30.6. The highest BCUT2D eigenvalue weighted by Crippen LogP contribution is 2.29. The van der Waals surface area contributed by atoms with Crippen molar-refractivity contribution in [3.05, 3.63) is 0 Å². The third kappa shape index (κ3) is 3.00. The Morgan fingerprint density at radius 1 is 1.47 bits per heavy atom. The molecule has 0 bridgehead atoms. The maximum atomic E-state index is 12.0. The third-order valence-corrected chi connectivity index (χ3v) is 4.11. The second kappa shape index (κ2) is 5.77. The van der Waals surface area contributed by atoms with Crippen LogP contribution in [0.3, 0.4) is 0 Å². The number of ether oxygens (including phenoxy) is 1. The Labute approximate surface area is 113 Å². The topological polar surface area (TPSA) is 78.9 Å². The zero-order valence-electron chi connectivity index (χ0n) is 11.4. The quantitative estimate of drug-likeness (QED) is 0.804. The highest BCUT2D eigenvalue weighted by molar-refractivity contribution is 5.86. The van der Waals surface area contributed by atoms with E-state index in [1.807, 2.05) is 0 Å². The van der Waals surface area contributed by atoms with Crippen LogP contribution < -0.4 is 5.32 Å². The Bertz CT molecular complexity index is 355. The van der Waals surface area contributed by atoms with Crippen LogP contribution in [0, 0.1) is 0 Å². The molecule has 2 rings (SSSR count). The van der Waals surface area contributed by atoms with Gasteiger partial charge in [0.2, 0.25) is 0 Å². The van der Waals surface area contributed by atoms with Crippen molar-refractivity contribution in [2.24, 2.45) is 0 Å². The first-order chi connectivity index (χ1) is 9.04. The summed E-state index contributed by atoms with van der Waals surface area (Å²) < 4.78 is 5.48. The summed E-state index contributed by atoms with van der Waals surface area (Å²) in [5.41, 5.74) is -1.06. The summed E-state index contributed by atoms with van der Waals surface area (Å²) in [4.78, 5) is 24.8. The van der Waals surface area contributed by atoms with E-state index >= 15 is 0 Å². The molecule has 2 N–H and O–H groups in total. The summed E-state index contributed by atoms with van der Waals surface area (Å²) in [7, 11) is 0. The Morgan fingerprint density at radius 2 is 2.26 bits per heavy atom. The van der Waals surface area contributed by atoms with Crippen molar-refractivity contribution in [2.45, 2.75) is 50.7 Å². The van der Waals surface area contributed by atoms with Crippen molar-refractivity contribution in [3.63, 3.8) is 0 Å². The van der Waals surface area contributed by atoms with Crippen molar-refractivity contribution in [1.82, 2.24) is 10.2 Å². The van der Waals surface area contributed by atoms with Gasteiger partial charge in [0, 0.05) is 19.7 Å². The Hall–Kier alpha value is -1.30. The zero-order valence-corrected chi connectivity index (χ0v) is 11.4. The molecule has 108 valence electrons.